The number of halogens is 1. The zero-order chi connectivity index (χ0) is 20.9. The normalized spacial score (nSPS) is 14.1. The van der Waals surface area contributed by atoms with E-state index in [-0.39, 0.29) is 10.5 Å². The van der Waals surface area contributed by atoms with Crippen molar-refractivity contribution in [1.29, 1.82) is 0 Å². The highest BCUT2D eigenvalue weighted by atomic mass is 35.7. The predicted molar refractivity (Wildman–Crippen MR) is 115 cm³/mol. The molecule has 1 aliphatic heterocycles. The molecular formula is C21H21ClN2O4S. The highest BCUT2D eigenvalue weighted by molar-refractivity contribution is 8.13. The lowest BCUT2D eigenvalue weighted by molar-refractivity contribution is 0.415. The predicted octanol–water partition coefficient (Wildman–Crippen LogP) is 3.87. The molecule has 0 unspecified atom stereocenters. The summed E-state index contributed by atoms with van der Waals surface area (Å²) in [5.74, 6) is 0.625. The van der Waals surface area contributed by atoms with Gasteiger partial charge in [-0.3, -0.25) is 4.79 Å². The zero-order valence-corrected chi connectivity index (χ0v) is 18.0. The molecule has 0 saturated heterocycles. The Hall–Kier alpha value is -2.51. The third kappa shape index (κ3) is 3.38. The van der Waals surface area contributed by atoms with Crippen LogP contribution in [0.4, 0.5) is 11.4 Å². The maximum Gasteiger partial charge on any atom is 0.261 e. The zero-order valence-electron chi connectivity index (χ0n) is 16.4. The van der Waals surface area contributed by atoms with Crippen LogP contribution in [0.3, 0.4) is 0 Å². The van der Waals surface area contributed by atoms with Crippen LogP contribution in [0.5, 0.6) is 5.75 Å². The van der Waals surface area contributed by atoms with Crippen molar-refractivity contribution < 1.29 is 13.2 Å². The molecule has 0 N–H and O–H groups in total. The lowest BCUT2D eigenvalue weighted by atomic mass is 9.99. The summed E-state index contributed by atoms with van der Waals surface area (Å²) in [6, 6.07) is 10.6. The molecule has 4 rings (SSSR count). The van der Waals surface area contributed by atoms with Crippen molar-refractivity contribution in [2.75, 3.05) is 18.6 Å². The van der Waals surface area contributed by atoms with E-state index in [2.05, 4.69) is 4.90 Å². The standard InChI is InChI=1S/C21H21ClN2O4S/c1-13-9-17-19(23(2)21(13)25)10-15(28-3)11-20(17)24-8-4-5-14-6-7-16(12-18(14)24)29(22,26)27/h6-7,9-12H,4-5,8H2,1-3H3. The molecule has 0 amide bonds. The summed E-state index contributed by atoms with van der Waals surface area (Å²) in [6.45, 7) is 2.50. The van der Waals surface area contributed by atoms with Crippen molar-refractivity contribution in [2.45, 2.75) is 24.7 Å². The van der Waals surface area contributed by atoms with Crippen LogP contribution in [0.25, 0.3) is 10.9 Å². The minimum Gasteiger partial charge on any atom is -0.497 e. The summed E-state index contributed by atoms with van der Waals surface area (Å²) >= 11 is 0. The van der Waals surface area contributed by atoms with Gasteiger partial charge in [-0.2, -0.15) is 0 Å². The average Bonchev–Trinajstić information content (AvgIpc) is 2.70. The van der Waals surface area contributed by atoms with Crippen molar-refractivity contribution in [1.82, 2.24) is 4.57 Å². The number of hydrogen-bond acceptors (Lipinski definition) is 5. The van der Waals surface area contributed by atoms with Crippen molar-refractivity contribution in [3.05, 3.63) is 57.9 Å². The molecule has 1 aromatic heterocycles. The molecule has 0 saturated carbocycles. The number of fused-ring (bicyclic) bond motifs is 2. The van der Waals surface area contributed by atoms with E-state index in [9.17, 15) is 13.2 Å². The average molecular weight is 433 g/mol. The van der Waals surface area contributed by atoms with Gasteiger partial charge in [0.25, 0.3) is 14.6 Å². The first kappa shape index (κ1) is 19.8. The highest BCUT2D eigenvalue weighted by Crippen LogP contribution is 2.40. The molecule has 6 nitrogen and oxygen atoms in total. The second kappa shape index (κ2) is 7.07. The molecule has 1 aliphatic rings. The Morgan fingerprint density at radius 3 is 2.55 bits per heavy atom. The van der Waals surface area contributed by atoms with Crippen LogP contribution in [-0.2, 0) is 22.5 Å². The molecular weight excluding hydrogens is 412 g/mol. The Kier molecular flexibility index (Phi) is 4.83. The number of anilines is 2. The molecule has 0 aliphatic carbocycles. The quantitative estimate of drug-likeness (QED) is 0.588. The van der Waals surface area contributed by atoms with Crippen molar-refractivity contribution in [3.8, 4) is 5.75 Å². The maximum atomic E-state index is 12.5. The molecule has 2 heterocycles. The maximum absolute atomic E-state index is 12.5. The van der Waals surface area contributed by atoms with E-state index in [1.807, 2.05) is 24.3 Å². The minimum absolute atomic E-state index is 0.0636. The highest BCUT2D eigenvalue weighted by Gasteiger charge is 2.24. The largest absolute Gasteiger partial charge is 0.497 e. The fourth-order valence-corrected chi connectivity index (χ4v) is 4.74. The molecule has 8 heteroatoms. The van der Waals surface area contributed by atoms with Gasteiger partial charge < -0.3 is 14.2 Å². The van der Waals surface area contributed by atoms with E-state index in [1.54, 1.807) is 37.8 Å². The van der Waals surface area contributed by atoms with E-state index in [1.165, 1.54) is 0 Å². The van der Waals surface area contributed by atoms with E-state index in [0.29, 0.717) is 17.9 Å². The number of hydrogen-bond donors (Lipinski definition) is 0. The second-order valence-electron chi connectivity index (χ2n) is 7.25. The van der Waals surface area contributed by atoms with Crippen LogP contribution >= 0.6 is 10.7 Å². The number of rotatable bonds is 3. The summed E-state index contributed by atoms with van der Waals surface area (Å²) in [6.07, 6.45) is 1.78. The number of methoxy groups -OCH3 is 1. The smallest absolute Gasteiger partial charge is 0.261 e. The number of nitrogens with zero attached hydrogens (tertiary/aromatic N) is 2. The Balaban J connectivity index is 2.03. The first-order valence-electron chi connectivity index (χ1n) is 9.24. The van der Waals surface area contributed by atoms with Gasteiger partial charge in [-0.15, -0.1) is 0 Å². The van der Waals surface area contributed by atoms with Gasteiger partial charge in [-0.05, 0) is 43.5 Å². The monoisotopic (exact) mass is 432 g/mol. The van der Waals surface area contributed by atoms with E-state index in [4.69, 9.17) is 15.4 Å². The lowest BCUT2D eigenvalue weighted by Gasteiger charge is -2.33. The molecule has 0 radical (unpaired) electrons. The molecule has 0 spiro atoms. The Bertz CT molecular complexity index is 1300. The van der Waals surface area contributed by atoms with Crippen LogP contribution in [0, 0.1) is 6.92 Å². The van der Waals surface area contributed by atoms with Gasteiger partial charge in [0.1, 0.15) is 5.75 Å². The van der Waals surface area contributed by atoms with Crippen LogP contribution in [-0.4, -0.2) is 26.6 Å². The topological polar surface area (TPSA) is 68.6 Å². The number of aryl methyl sites for hydroxylation is 3. The Labute approximate surface area is 173 Å². The van der Waals surface area contributed by atoms with Gasteiger partial charge in [0.15, 0.2) is 0 Å². The van der Waals surface area contributed by atoms with Crippen molar-refractivity contribution >= 4 is 42.0 Å². The first-order chi connectivity index (χ1) is 13.7. The third-order valence-corrected chi connectivity index (χ3v) is 6.81. The summed E-state index contributed by atoms with van der Waals surface area (Å²) in [5, 5.41) is 0.900. The molecule has 3 aromatic rings. The van der Waals surface area contributed by atoms with Gasteiger partial charge in [-0.1, -0.05) is 6.07 Å². The van der Waals surface area contributed by atoms with Crippen molar-refractivity contribution in [2.24, 2.45) is 7.05 Å². The summed E-state index contributed by atoms with van der Waals surface area (Å²) in [7, 11) is 5.07. The lowest BCUT2D eigenvalue weighted by Crippen LogP contribution is -2.26. The second-order valence-corrected chi connectivity index (χ2v) is 9.82. The molecule has 0 bridgehead atoms. The van der Waals surface area contributed by atoms with E-state index >= 15 is 0 Å². The molecule has 29 heavy (non-hydrogen) atoms. The van der Waals surface area contributed by atoms with Crippen molar-refractivity contribution in [3.63, 3.8) is 0 Å². The van der Waals surface area contributed by atoms with Crippen LogP contribution in [0.1, 0.15) is 17.5 Å². The number of benzene rings is 2. The van der Waals surface area contributed by atoms with E-state index in [0.717, 1.165) is 40.7 Å². The summed E-state index contributed by atoms with van der Waals surface area (Å²) < 4.78 is 30.9. The molecule has 0 atom stereocenters. The minimum atomic E-state index is -3.84. The van der Waals surface area contributed by atoms with E-state index < -0.39 is 9.05 Å². The fourth-order valence-electron chi connectivity index (χ4n) is 3.97. The van der Waals surface area contributed by atoms with Gasteiger partial charge in [0.2, 0.25) is 0 Å². The third-order valence-electron chi connectivity index (χ3n) is 5.46. The first-order valence-corrected chi connectivity index (χ1v) is 11.5. The number of pyridine rings is 1. The Morgan fingerprint density at radius 2 is 1.86 bits per heavy atom. The van der Waals surface area contributed by atoms with Gasteiger partial charge in [-0.25, -0.2) is 8.42 Å². The summed E-state index contributed by atoms with van der Waals surface area (Å²) in [4.78, 5) is 14.6. The molecule has 2 aromatic carbocycles. The van der Waals surface area contributed by atoms with Crippen LogP contribution < -0.4 is 15.2 Å². The molecule has 0 fully saturated rings. The van der Waals surface area contributed by atoms with Gasteiger partial charge in [0, 0.05) is 53.0 Å². The summed E-state index contributed by atoms with van der Waals surface area (Å²) in [5.41, 5.74) is 4.05. The van der Waals surface area contributed by atoms with Crippen LogP contribution in [0.15, 0.2) is 46.1 Å². The number of ether oxygens (including phenoxy) is 1. The molecule has 152 valence electrons. The van der Waals surface area contributed by atoms with Crippen LogP contribution in [0.2, 0.25) is 0 Å². The Morgan fingerprint density at radius 1 is 1.10 bits per heavy atom. The number of aromatic nitrogens is 1. The SMILES string of the molecule is COc1cc(N2CCCc3ccc(S(=O)(=O)Cl)cc32)c2cc(C)c(=O)n(C)c2c1. The van der Waals surface area contributed by atoms with Gasteiger partial charge in [0.05, 0.1) is 23.2 Å². The van der Waals surface area contributed by atoms with Gasteiger partial charge >= 0.3 is 0 Å². The fraction of sp³-hybridized carbons (Fsp3) is 0.286.